The average Bonchev–Trinajstić information content (AvgIpc) is 2.81. The highest BCUT2D eigenvalue weighted by atomic mass is 19.1. The molecule has 0 aliphatic rings. The highest BCUT2D eigenvalue weighted by Gasteiger charge is 2.22. The number of hydrogen-bond donors (Lipinski definition) is 3. The number of aliphatic hydroxyl groups excluding tert-OH is 1. The van der Waals surface area contributed by atoms with E-state index in [4.69, 9.17) is 10.1 Å². The predicted octanol–water partition coefficient (Wildman–Crippen LogP) is 3.62. The topological polar surface area (TPSA) is 142 Å². The zero-order chi connectivity index (χ0) is 27.3. The fraction of sp³-hybridized carbons (Fsp3) is 0.370. The number of hydrogen-bond acceptors (Lipinski definition) is 6. The number of aliphatic carboxylic acids is 1. The van der Waals surface area contributed by atoms with Crippen LogP contribution in [0.5, 0.6) is 0 Å². The molecule has 3 N–H and O–H groups in total. The summed E-state index contributed by atoms with van der Waals surface area (Å²) in [6, 6.07) is 5.54. The van der Waals surface area contributed by atoms with Crippen molar-refractivity contribution < 1.29 is 24.2 Å². The first-order valence-electron chi connectivity index (χ1n) is 12.1. The number of pyridine rings is 1. The van der Waals surface area contributed by atoms with Crippen molar-refractivity contribution in [3.8, 4) is 11.1 Å². The van der Waals surface area contributed by atoms with Gasteiger partial charge in [-0.25, -0.2) is 14.2 Å². The summed E-state index contributed by atoms with van der Waals surface area (Å²) in [4.78, 5) is 55.6. The molecule has 0 amide bonds. The van der Waals surface area contributed by atoms with Gasteiger partial charge in [-0.05, 0) is 30.0 Å². The highest BCUT2D eigenvalue weighted by Crippen LogP contribution is 2.35. The maximum absolute atomic E-state index is 13.8. The number of unbranched alkanes of at least 4 members (excludes halogenated alkanes) is 1. The van der Waals surface area contributed by atoms with Crippen LogP contribution in [-0.4, -0.2) is 42.6 Å². The van der Waals surface area contributed by atoms with Crippen LogP contribution in [0.2, 0.25) is 0 Å². The summed E-state index contributed by atoms with van der Waals surface area (Å²) in [5.74, 6) is -2.57. The minimum atomic E-state index is -1.28. The van der Waals surface area contributed by atoms with E-state index in [1.807, 2.05) is 20.8 Å². The summed E-state index contributed by atoms with van der Waals surface area (Å²) in [6.07, 6.45) is 1.98. The summed E-state index contributed by atoms with van der Waals surface area (Å²) in [5, 5.41) is 19.3. The molecule has 0 fully saturated rings. The smallest absolute Gasteiger partial charge is 0.329 e. The van der Waals surface area contributed by atoms with E-state index in [-0.39, 0.29) is 17.0 Å². The molecule has 0 aliphatic carbocycles. The largest absolute Gasteiger partial charge is 0.481 e. The number of aliphatic hydroxyl groups is 1. The third-order valence-corrected chi connectivity index (χ3v) is 5.88. The number of nitrogens with one attached hydrogen (secondary N) is 1. The van der Waals surface area contributed by atoms with Gasteiger partial charge < -0.3 is 10.2 Å². The van der Waals surface area contributed by atoms with Crippen LogP contribution >= 0.6 is 0 Å². The molecule has 0 saturated carbocycles. The Morgan fingerprint density at radius 1 is 1.19 bits per heavy atom. The standard InChI is InChI=1S/C27H30FN3O6/c1-4-5-12-31-25-23(26(36)30-27(31)37)22(16-6-8-17(28)9-7-16)20(24(29-25)15(2)3)11-10-18(32)13-19(33)14-21(34)35/h6-11,15,18,32H,4-5,12-14H2,1-3H3,(H,34,35)(H,30,36,37)/b11-10+. The summed E-state index contributed by atoms with van der Waals surface area (Å²) >= 11 is 0. The second-order valence-corrected chi connectivity index (χ2v) is 9.15. The number of carboxylic acid groups (broad SMARTS) is 1. The summed E-state index contributed by atoms with van der Waals surface area (Å²) in [6.45, 7) is 6.09. The van der Waals surface area contributed by atoms with E-state index in [2.05, 4.69) is 4.98 Å². The fourth-order valence-corrected chi connectivity index (χ4v) is 4.14. The maximum atomic E-state index is 13.8. The number of aromatic amines is 1. The van der Waals surface area contributed by atoms with Gasteiger partial charge in [-0.15, -0.1) is 0 Å². The van der Waals surface area contributed by atoms with Gasteiger partial charge in [0.05, 0.1) is 17.2 Å². The van der Waals surface area contributed by atoms with Gasteiger partial charge in [0, 0.05) is 24.1 Å². The Kier molecular flexibility index (Phi) is 8.88. The normalized spacial score (nSPS) is 12.5. The van der Waals surface area contributed by atoms with Gasteiger partial charge in [0.2, 0.25) is 0 Å². The molecule has 0 aliphatic heterocycles. The lowest BCUT2D eigenvalue weighted by atomic mass is 9.91. The molecule has 0 radical (unpaired) electrons. The zero-order valence-corrected chi connectivity index (χ0v) is 21.0. The molecule has 1 aromatic carbocycles. The van der Waals surface area contributed by atoms with Crippen molar-refractivity contribution in [2.24, 2.45) is 0 Å². The van der Waals surface area contributed by atoms with Gasteiger partial charge in [0.1, 0.15) is 23.7 Å². The first-order valence-corrected chi connectivity index (χ1v) is 12.1. The number of carbonyl (C=O) groups excluding carboxylic acids is 1. The number of carboxylic acids is 1. The third kappa shape index (κ3) is 6.45. The molecular weight excluding hydrogens is 481 g/mol. The number of Topliss-reactive ketones (excluding diaryl/α,β-unsaturated/α-hetero) is 1. The van der Waals surface area contributed by atoms with Crippen LogP contribution in [0, 0.1) is 5.82 Å². The monoisotopic (exact) mass is 511 g/mol. The van der Waals surface area contributed by atoms with Crippen LogP contribution in [0.1, 0.15) is 63.6 Å². The van der Waals surface area contributed by atoms with E-state index in [0.29, 0.717) is 35.3 Å². The highest BCUT2D eigenvalue weighted by molar-refractivity contribution is 5.98. The van der Waals surface area contributed by atoms with Crippen LogP contribution in [0.25, 0.3) is 28.2 Å². The molecule has 37 heavy (non-hydrogen) atoms. The molecular formula is C27H30FN3O6. The van der Waals surface area contributed by atoms with Crippen LogP contribution in [0.4, 0.5) is 4.39 Å². The van der Waals surface area contributed by atoms with E-state index in [0.717, 1.165) is 6.42 Å². The summed E-state index contributed by atoms with van der Waals surface area (Å²) in [5.41, 5.74) is 0.876. The van der Waals surface area contributed by atoms with E-state index in [1.165, 1.54) is 41.0 Å². The Morgan fingerprint density at radius 3 is 2.46 bits per heavy atom. The second-order valence-electron chi connectivity index (χ2n) is 9.15. The molecule has 3 rings (SSSR count). The molecule has 2 heterocycles. The number of benzene rings is 1. The van der Waals surface area contributed by atoms with Gasteiger partial charge in [-0.1, -0.05) is 51.5 Å². The van der Waals surface area contributed by atoms with Crippen LogP contribution in [-0.2, 0) is 16.1 Å². The van der Waals surface area contributed by atoms with Crippen LogP contribution < -0.4 is 11.2 Å². The Morgan fingerprint density at radius 2 is 1.86 bits per heavy atom. The lowest BCUT2D eigenvalue weighted by molar-refractivity contribution is -0.140. The van der Waals surface area contributed by atoms with Gasteiger partial charge in [0.15, 0.2) is 0 Å². The fourth-order valence-electron chi connectivity index (χ4n) is 4.14. The number of fused-ring (bicyclic) bond motifs is 1. The molecule has 0 bridgehead atoms. The van der Waals surface area contributed by atoms with Crippen LogP contribution in [0.15, 0.2) is 39.9 Å². The van der Waals surface area contributed by atoms with Crippen molar-refractivity contribution in [1.29, 1.82) is 0 Å². The molecule has 0 saturated heterocycles. The molecule has 9 nitrogen and oxygen atoms in total. The van der Waals surface area contributed by atoms with Crippen molar-refractivity contribution in [2.45, 2.75) is 65.0 Å². The summed E-state index contributed by atoms with van der Waals surface area (Å²) < 4.78 is 15.2. The molecule has 0 spiro atoms. The van der Waals surface area contributed by atoms with Crippen molar-refractivity contribution in [3.05, 3.63) is 68.3 Å². The first kappa shape index (κ1) is 27.7. The van der Waals surface area contributed by atoms with E-state index < -0.39 is 47.8 Å². The van der Waals surface area contributed by atoms with Gasteiger partial charge in [-0.2, -0.15) is 0 Å². The Hall–Kier alpha value is -3.92. The number of aromatic nitrogens is 3. The quantitative estimate of drug-likeness (QED) is 0.334. The second kappa shape index (κ2) is 11.9. The van der Waals surface area contributed by atoms with E-state index in [9.17, 15) is 28.7 Å². The number of ketones is 1. The Labute approximate surface area is 212 Å². The lowest BCUT2D eigenvalue weighted by Gasteiger charge is -2.19. The van der Waals surface area contributed by atoms with E-state index >= 15 is 0 Å². The molecule has 10 heteroatoms. The molecule has 3 aromatic rings. The SMILES string of the molecule is CCCCn1c(=O)[nH]c(=O)c2c(-c3ccc(F)cc3)c(/C=C/C(O)CC(=O)CC(=O)O)c(C(C)C)nc21. The number of carbonyl (C=O) groups is 2. The van der Waals surface area contributed by atoms with Gasteiger partial charge in [-0.3, -0.25) is 23.9 Å². The minimum absolute atomic E-state index is 0.141. The zero-order valence-electron chi connectivity index (χ0n) is 21.0. The Balaban J connectivity index is 2.33. The van der Waals surface area contributed by atoms with Gasteiger partial charge in [0.25, 0.3) is 5.56 Å². The summed E-state index contributed by atoms with van der Waals surface area (Å²) in [7, 11) is 0. The van der Waals surface area contributed by atoms with Gasteiger partial charge >= 0.3 is 11.7 Å². The molecule has 196 valence electrons. The minimum Gasteiger partial charge on any atom is -0.481 e. The predicted molar refractivity (Wildman–Crippen MR) is 138 cm³/mol. The van der Waals surface area contributed by atoms with Crippen molar-refractivity contribution >= 4 is 28.9 Å². The number of H-pyrrole nitrogens is 1. The number of aryl methyl sites for hydroxylation is 1. The third-order valence-electron chi connectivity index (χ3n) is 5.88. The molecule has 2 aromatic heterocycles. The number of nitrogens with zero attached hydrogens (tertiary/aromatic N) is 2. The van der Waals surface area contributed by atoms with Crippen LogP contribution in [0.3, 0.4) is 0 Å². The number of halogens is 1. The van der Waals surface area contributed by atoms with Crippen molar-refractivity contribution in [2.75, 3.05) is 0 Å². The van der Waals surface area contributed by atoms with Crippen molar-refractivity contribution in [3.63, 3.8) is 0 Å². The molecule has 1 atom stereocenters. The number of rotatable bonds is 11. The lowest BCUT2D eigenvalue weighted by Crippen LogP contribution is -2.32. The molecule has 1 unspecified atom stereocenters. The Bertz CT molecular complexity index is 1450. The average molecular weight is 512 g/mol. The first-order chi connectivity index (χ1) is 17.5. The maximum Gasteiger partial charge on any atom is 0.329 e. The van der Waals surface area contributed by atoms with Crippen molar-refractivity contribution in [1.82, 2.24) is 14.5 Å². The van der Waals surface area contributed by atoms with E-state index in [1.54, 1.807) is 0 Å².